The second kappa shape index (κ2) is 4.47. The molecule has 1 rings (SSSR count). The van der Waals surface area contributed by atoms with E-state index in [0.29, 0.717) is 5.38 Å². The monoisotopic (exact) mass is 179 g/mol. The zero-order valence-corrected chi connectivity index (χ0v) is 7.84. The molecular formula is C7H14ClNS. The van der Waals surface area contributed by atoms with Crippen LogP contribution in [0, 0.1) is 0 Å². The molecule has 0 aromatic rings. The van der Waals surface area contributed by atoms with E-state index in [4.69, 9.17) is 11.6 Å². The van der Waals surface area contributed by atoms with E-state index < -0.39 is 0 Å². The second-order valence-electron chi connectivity index (χ2n) is 2.71. The number of rotatable bonds is 4. The van der Waals surface area contributed by atoms with Gasteiger partial charge in [-0.25, -0.2) is 0 Å². The first-order valence-electron chi connectivity index (χ1n) is 3.69. The van der Waals surface area contributed by atoms with Crippen LogP contribution in [-0.2, 0) is 0 Å². The summed E-state index contributed by atoms with van der Waals surface area (Å²) in [6.45, 7) is 1.13. The van der Waals surface area contributed by atoms with Crippen molar-refractivity contribution in [2.24, 2.45) is 0 Å². The molecule has 0 aromatic heterocycles. The highest BCUT2D eigenvalue weighted by atomic mass is 35.5. The largest absolute Gasteiger partial charge is 0.313 e. The van der Waals surface area contributed by atoms with Gasteiger partial charge in [-0.15, -0.1) is 11.6 Å². The van der Waals surface area contributed by atoms with Gasteiger partial charge in [-0.2, -0.15) is 11.8 Å². The molecule has 0 radical (unpaired) electrons. The van der Waals surface area contributed by atoms with Crippen molar-refractivity contribution in [3.8, 4) is 0 Å². The van der Waals surface area contributed by atoms with Crippen molar-refractivity contribution in [1.82, 2.24) is 5.32 Å². The van der Waals surface area contributed by atoms with Crippen LogP contribution < -0.4 is 5.32 Å². The maximum absolute atomic E-state index is 5.81. The lowest BCUT2D eigenvalue weighted by atomic mass is 9.92. The number of thioether (sulfide) groups is 1. The van der Waals surface area contributed by atoms with Crippen molar-refractivity contribution in [1.29, 1.82) is 0 Å². The number of alkyl halides is 1. The molecular weight excluding hydrogens is 166 g/mol. The number of nitrogens with one attached hydrogen (secondary N) is 1. The Morgan fingerprint density at radius 2 is 2.30 bits per heavy atom. The summed E-state index contributed by atoms with van der Waals surface area (Å²) in [5, 5.41) is 3.90. The molecule has 0 spiro atoms. The lowest BCUT2D eigenvalue weighted by Gasteiger charge is -2.31. The lowest BCUT2D eigenvalue weighted by molar-refractivity contribution is 0.354. The van der Waals surface area contributed by atoms with Crippen LogP contribution in [0.3, 0.4) is 0 Å². The fourth-order valence-electron chi connectivity index (χ4n) is 1.08. The predicted molar refractivity (Wildman–Crippen MR) is 49.0 cm³/mol. The van der Waals surface area contributed by atoms with Crippen LogP contribution in [0.15, 0.2) is 0 Å². The van der Waals surface area contributed by atoms with E-state index in [0.717, 1.165) is 25.4 Å². The summed E-state index contributed by atoms with van der Waals surface area (Å²) in [5.74, 6) is 1.21. The highest BCUT2D eigenvalue weighted by Crippen LogP contribution is 2.24. The lowest BCUT2D eigenvalue weighted by Crippen LogP contribution is -2.42. The summed E-state index contributed by atoms with van der Waals surface area (Å²) in [6.07, 6.45) is 4.46. The third-order valence-electron chi connectivity index (χ3n) is 1.82. The minimum Gasteiger partial charge on any atom is -0.313 e. The minimum atomic E-state index is 0.451. The number of hydrogen-bond donors (Lipinski definition) is 1. The maximum atomic E-state index is 5.81. The summed E-state index contributed by atoms with van der Waals surface area (Å²) < 4.78 is 0. The highest BCUT2D eigenvalue weighted by Gasteiger charge is 2.25. The van der Waals surface area contributed by atoms with Crippen molar-refractivity contribution in [2.45, 2.75) is 24.3 Å². The molecule has 1 saturated carbocycles. The van der Waals surface area contributed by atoms with Crippen LogP contribution in [-0.4, -0.2) is 30.0 Å². The van der Waals surface area contributed by atoms with Crippen molar-refractivity contribution in [2.75, 3.05) is 18.6 Å². The fraction of sp³-hybridized carbons (Fsp3) is 1.00. The zero-order chi connectivity index (χ0) is 7.40. The molecule has 1 aliphatic rings. The average molecular weight is 180 g/mol. The normalized spacial score (nSPS) is 31.8. The van der Waals surface area contributed by atoms with Gasteiger partial charge in [0.1, 0.15) is 0 Å². The molecule has 0 atom stereocenters. The summed E-state index contributed by atoms with van der Waals surface area (Å²) >= 11 is 7.69. The van der Waals surface area contributed by atoms with E-state index >= 15 is 0 Å². The predicted octanol–water partition coefficient (Wildman–Crippen LogP) is 1.71. The minimum absolute atomic E-state index is 0.451. The quantitative estimate of drug-likeness (QED) is 0.521. The smallest absolute Gasteiger partial charge is 0.0365 e. The molecule has 1 N–H and O–H groups in total. The van der Waals surface area contributed by atoms with E-state index in [2.05, 4.69) is 11.6 Å². The Hall–Kier alpha value is 0.600. The first-order chi connectivity index (χ1) is 4.83. The Labute approximate surface area is 71.9 Å². The van der Waals surface area contributed by atoms with Crippen molar-refractivity contribution >= 4 is 23.4 Å². The molecule has 0 amide bonds. The van der Waals surface area contributed by atoms with Crippen LogP contribution in [0.5, 0.6) is 0 Å². The Balaban J connectivity index is 1.86. The van der Waals surface area contributed by atoms with Gasteiger partial charge >= 0.3 is 0 Å². The highest BCUT2D eigenvalue weighted by molar-refractivity contribution is 7.98. The Morgan fingerprint density at radius 1 is 1.60 bits per heavy atom. The molecule has 1 fully saturated rings. The van der Waals surface area contributed by atoms with Gasteiger partial charge in [-0.05, 0) is 19.1 Å². The third-order valence-corrected chi connectivity index (χ3v) is 2.79. The van der Waals surface area contributed by atoms with E-state index in [1.54, 1.807) is 0 Å². The number of halogens is 1. The summed E-state index contributed by atoms with van der Waals surface area (Å²) in [5.41, 5.74) is 0. The first-order valence-corrected chi connectivity index (χ1v) is 5.52. The molecule has 1 nitrogen and oxygen atoms in total. The van der Waals surface area contributed by atoms with Crippen molar-refractivity contribution in [3.05, 3.63) is 0 Å². The summed E-state index contributed by atoms with van der Waals surface area (Å²) in [7, 11) is 0. The SMILES string of the molecule is CSCCNC1CC(Cl)C1. The van der Waals surface area contributed by atoms with Gasteiger partial charge in [0.15, 0.2) is 0 Å². The summed E-state index contributed by atoms with van der Waals surface area (Å²) in [6, 6.07) is 0.717. The molecule has 0 saturated heterocycles. The van der Waals surface area contributed by atoms with Crippen LogP contribution >= 0.6 is 23.4 Å². The van der Waals surface area contributed by atoms with Gasteiger partial charge in [0, 0.05) is 23.7 Å². The molecule has 1 aliphatic carbocycles. The van der Waals surface area contributed by atoms with E-state index in [1.807, 2.05) is 11.8 Å². The van der Waals surface area contributed by atoms with Gasteiger partial charge < -0.3 is 5.32 Å². The fourth-order valence-corrected chi connectivity index (χ4v) is 1.83. The van der Waals surface area contributed by atoms with Crippen LogP contribution in [0.2, 0.25) is 0 Å². The van der Waals surface area contributed by atoms with Gasteiger partial charge in [0.05, 0.1) is 0 Å². The summed E-state index contributed by atoms with van der Waals surface area (Å²) in [4.78, 5) is 0. The molecule has 0 unspecified atom stereocenters. The molecule has 0 aromatic carbocycles. The molecule has 0 aliphatic heterocycles. The van der Waals surface area contributed by atoms with Crippen molar-refractivity contribution in [3.63, 3.8) is 0 Å². The number of hydrogen-bond acceptors (Lipinski definition) is 2. The molecule has 0 bridgehead atoms. The van der Waals surface area contributed by atoms with Gasteiger partial charge in [-0.3, -0.25) is 0 Å². The first kappa shape index (κ1) is 8.69. The van der Waals surface area contributed by atoms with Gasteiger partial charge in [0.2, 0.25) is 0 Å². The van der Waals surface area contributed by atoms with E-state index in [-0.39, 0.29) is 0 Å². The topological polar surface area (TPSA) is 12.0 Å². The van der Waals surface area contributed by atoms with E-state index in [9.17, 15) is 0 Å². The average Bonchev–Trinajstić information content (AvgIpc) is 1.85. The van der Waals surface area contributed by atoms with E-state index in [1.165, 1.54) is 5.75 Å². The molecule has 3 heteroatoms. The zero-order valence-electron chi connectivity index (χ0n) is 6.27. The van der Waals surface area contributed by atoms with Crippen LogP contribution in [0.1, 0.15) is 12.8 Å². The Kier molecular flexibility index (Phi) is 3.89. The molecule has 0 heterocycles. The van der Waals surface area contributed by atoms with Crippen LogP contribution in [0.25, 0.3) is 0 Å². The van der Waals surface area contributed by atoms with Gasteiger partial charge in [-0.1, -0.05) is 0 Å². The van der Waals surface area contributed by atoms with Crippen molar-refractivity contribution < 1.29 is 0 Å². The Bertz CT molecular complexity index is 93.6. The molecule has 60 valence electrons. The molecule has 10 heavy (non-hydrogen) atoms. The van der Waals surface area contributed by atoms with Gasteiger partial charge in [0.25, 0.3) is 0 Å². The maximum Gasteiger partial charge on any atom is 0.0365 e. The Morgan fingerprint density at radius 3 is 2.80 bits per heavy atom. The van der Waals surface area contributed by atoms with Crippen LogP contribution in [0.4, 0.5) is 0 Å². The standard InChI is InChI=1S/C7H14ClNS/c1-10-3-2-9-7-4-6(8)5-7/h6-7,9H,2-5H2,1H3. The second-order valence-corrected chi connectivity index (χ2v) is 4.32. The third kappa shape index (κ3) is 2.69.